The van der Waals surface area contributed by atoms with Crippen LogP contribution in [0.5, 0.6) is 5.75 Å². The zero-order valence-electron chi connectivity index (χ0n) is 12.1. The lowest BCUT2D eigenvalue weighted by molar-refractivity contribution is -0.385. The Labute approximate surface area is 122 Å². The third kappa shape index (κ3) is 3.48. The smallest absolute Gasteiger partial charge is 0.275 e. The van der Waals surface area contributed by atoms with Crippen molar-refractivity contribution in [1.29, 1.82) is 0 Å². The first-order valence-electron chi connectivity index (χ1n) is 6.78. The minimum atomic E-state index is -0.727. The first-order chi connectivity index (χ1) is 10.0. The summed E-state index contributed by atoms with van der Waals surface area (Å²) in [6, 6.07) is 1.29. The van der Waals surface area contributed by atoms with Crippen molar-refractivity contribution in [3.05, 3.63) is 33.1 Å². The lowest BCUT2D eigenvalue weighted by Crippen LogP contribution is -2.22. The molecule has 1 atom stereocenters. The van der Waals surface area contributed by atoms with Gasteiger partial charge in [-0.15, -0.1) is 0 Å². The van der Waals surface area contributed by atoms with Crippen LogP contribution in [0.25, 0.3) is 0 Å². The fourth-order valence-corrected chi connectivity index (χ4v) is 2.31. The number of halogens is 1. The van der Waals surface area contributed by atoms with Gasteiger partial charge in [0.2, 0.25) is 0 Å². The van der Waals surface area contributed by atoms with Gasteiger partial charge in [-0.25, -0.2) is 4.39 Å². The van der Waals surface area contributed by atoms with Crippen molar-refractivity contribution >= 4 is 5.69 Å². The summed E-state index contributed by atoms with van der Waals surface area (Å²) in [4.78, 5) is 10.4. The number of hydrogen-bond acceptors (Lipinski definition) is 5. The van der Waals surface area contributed by atoms with Crippen molar-refractivity contribution in [2.24, 2.45) is 0 Å². The zero-order valence-corrected chi connectivity index (χ0v) is 12.1. The van der Waals surface area contributed by atoms with Crippen molar-refractivity contribution < 1.29 is 23.5 Å². The third-order valence-electron chi connectivity index (χ3n) is 3.48. The van der Waals surface area contributed by atoms with Gasteiger partial charge >= 0.3 is 0 Å². The molecule has 1 unspecified atom stereocenters. The largest absolute Gasteiger partial charge is 0.493 e. The number of benzene rings is 1. The summed E-state index contributed by atoms with van der Waals surface area (Å²) < 4.78 is 30.1. The number of methoxy groups -OCH3 is 1. The van der Waals surface area contributed by atoms with Crippen LogP contribution in [0.2, 0.25) is 0 Å². The molecule has 1 heterocycles. The van der Waals surface area contributed by atoms with E-state index in [0.29, 0.717) is 12.2 Å². The lowest BCUT2D eigenvalue weighted by Gasteiger charge is -2.23. The van der Waals surface area contributed by atoms with Crippen molar-refractivity contribution in [3.63, 3.8) is 0 Å². The molecule has 1 aromatic rings. The Morgan fingerprint density at radius 3 is 2.86 bits per heavy atom. The minimum absolute atomic E-state index is 0.00583. The maximum atomic E-state index is 14.1. The number of nitrogens with zero attached hydrogens (tertiary/aromatic N) is 1. The second kappa shape index (κ2) is 6.82. The molecular weight excluding hydrogens is 281 g/mol. The Kier molecular flexibility index (Phi) is 5.08. The molecule has 2 rings (SSSR count). The van der Waals surface area contributed by atoms with E-state index in [-0.39, 0.29) is 29.9 Å². The van der Waals surface area contributed by atoms with Crippen molar-refractivity contribution in [3.8, 4) is 5.75 Å². The highest BCUT2D eigenvalue weighted by molar-refractivity contribution is 5.51. The Balaban J connectivity index is 2.22. The summed E-state index contributed by atoms with van der Waals surface area (Å²) in [6.07, 6.45) is 2.41. The average Bonchev–Trinajstić information content (AvgIpc) is 2.49. The normalized spacial score (nSPS) is 18.5. The Bertz CT molecular complexity index is 529. The average molecular weight is 299 g/mol. The van der Waals surface area contributed by atoms with Gasteiger partial charge in [0.1, 0.15) is 0 Å². The van der Waals surface area contributed by atoms with Gasteiger partial charge in [0, 0.05) is 18.2 Å². The standard InChI is InChI=1S/C14H18FNO5/c1-9-11(16(17)18)7-10(14(19-2)13(9)15)8-21-12-5-3-4-6-20-12/h7,12H,3-6,8H2,1-2H3. The Morgan fingerprint density at radius 2 is 2.29 bits per heavy atom. The summed E-state index contributed by atoms with van der Waals surface area (Å²) >= 11 is 0. The minimum Gasteiger partial charge on any atom is -0.493 e. The molecule has 1 fully saturated rings. The molecule has 0 spiro atoms. The molecule has 0 saturated carbocycles. The van der Waals surface area contributed by atoms with Gasteiger partial charge in [-0.05, 0) is 26.2 Å². The predicted molar refractivity (Wildman–Crippen MR) is 72.7 cm³/mol. The highest BCUT2D eigenvalue weighted by atomic mass is 19.1. The number of nitro benzene ring substituents is 1. The molecule has 21 heavy (non-hydrogen) atoms. The summed E-state index contributed by atoms with van der Waals surface area (Å²) in [7, 11) is 1.32. The highest BCUT2D eigenvalue weighted by Gasteiger charge is 2.24. The summed E-state index contributed by atoms with van der Waals surface area (Å²) in [5.41, 5.74) is -0.0209. The van der Waals surface area contributed by atoms with E-state index in [1.165, 1.54) is 20.1 Å². The molecule has 0 N–H and O–H groups in total. The van der Waals surface area contributed by atoms with Crippen LogP contribution in [0.15, 0.2) is 6.07 Å². The van der Waals surface area contributed by atoms with Gasteiger partial charge in [-0.2, -0.15) is 0 Å². The lowest BCUT2D eigenvalue weighted by atomic mass is 10.1. The molecule has 0 radical (unpaired) electrons. The Morgan fingerprint density at radius 1 is 1.52 bits per heavy atom. The van der Waals surface area contributed by atoms with Crippen LogP contribution in [0, 0.1) is 22.9 Å². The van der Waals surface area contributed by atoms with Crippen LogP contribution in [-0.4, -0.2) is 24.9 Å². The molecule has 1 aliphatic heterocycles. The van der Waals surface area contributed by atoms with Gasteiger partial charge in [0.05, 0.1) is 24.2 Å². The maximum Gasteiger partial charge on any atom is 0.275 e. The van der Waals surface area contributed by atoms with E-state index in [1.54, 1.807) is 0 Å². The van der Waals surface area contributed by atoms with E-state index < -0.39 is 10.7 Å². The van der Waals surface area contributed by atoms with Crippen LogP contribution < -0.4 is 4.74 Å². The molecule has 1 saturated heterocycles. The molecule has 0 amide bonds. The molecule has 1 aromatic carbocycles. The Hall–Kier alpha value is -1.73. The topological polar surface area (TPSA) is 70.8 Å². The van der Waals surface area contributed by atoms with Crippen LogP contribution in [0.1, 0.15) is 30.4 Å². The van der Waals surface area contributed by atoms with E-state index >= 15 is 0 Å². The molecule has 6 nitrogen and oxygen atoms in total. The van der Waals surface area contributed by atoms with Crippen LogP contribution in [-0.2, 0) is 16.1 Å². The highest BCUT2D eigenvalue weighted by Crippen LogP contribution is 2.33. The molecule has 7 heteroatoms. The van der Waals surface area contributed by atoms with E-state index in [1.807, 2.05) is 0 Å². The van der Waals surface area contributed by atoms with E-state index in [0.717, 1.165) is 19.3 Å². The molecule has 1 aliphatic rings. The fraction of sp³-hybridized carbons (Fsp3) is 0.571. The zero-order chi connectivity index (χ0) is 15.4. The maximum absolute atomic E-state index is 14.1. The van der Waals surface area contributed by atoms with Gasteiger partial charge in [-0.1, -0.05) is 0 Å². The fourth-order valence-electron chi connectivity index (χ4n) is 2.31. The molecule has 0 bridgehead atoms. The van der Waals surface area contributed by atoms with Crippen molar-refractivity contribution in [1.82, 2.24) is 0 Å². The molecular formula is C14H18FNO5. The SMILES string of the molecule is COc1c(COC2CCCCO2)cc([N+](=O)[O-])c(C)c1F. The second-order valence-electron chi connectivity index (χ2n) is 4.89. The van der Waals surface area contributed by atoms with Gasteiger partial charge in [-0.3, -0.25) is 10.1 Å². The van der Waals surface area contributed by atoms with Crippen molar-refractivity contribution in [2.45, 2.75) is 39.1 Å². The van der Waals surface area contributed by atoms with Crippen LogP contribution in [0.4, 0.5) is 10.1 Å². The quantitative estimate of drug-likeness (QED) is 0.617. The van der Waals surface area contributed by atoms with E-state index in [9.17, 15) is 14.5 Å². The van der Waals surface area contributed by atoms with Gasteiger partial charge in [0.15, 0.2) is 17.9 Å². The third-order valence-corrected chi connectivity index (χ3v) is 3.48. The van der Waals surface area contributed by atoms with Crippen molar-refractivity contribution in [2.75, 3.05) is 13.7 Å². The number of hydrogen-bond donors (Lipinski definition) is 0. The van der Waals surface area contributed by atoms with E-state index in [2.05, 4.69) is 0 Å². The first-order valence-corrected chi connectivity index (χ1v) is 6.78. The van der Waals surface area contributed by atoms with Gasteiger partial charge in [0.25, 0.3) is 5.69 Å². The summed E-state index contributed by atoms with van der Waals surface area (Å²) in [5.74, 6) is -0.747. The van der Waals surface area contributed by atoms with Gasteiger partial charge < -0.3 is 14.2 Å². The first kappa shape index (κ1) is 15.7. The number of nitro groups is 1. The summed E-state index contributed by atoms with van der Waals surface area (Å²) in [6.45, 7) is 1.99. The van der Waals surface area contributed by atoms with Crippen LogP contribution in [0.3, 0.4) is 0 Å². The summed E-state index contributed by atoms with van der Waals surface area (Å²) in [5, 5.41) is 11.0. The molecule has 0 aromatic heterocycles. The number of rotatable bonds is 5. The predicted octanol–water partition coefficient (Wildman–Crippen LogP) is 3.09. The second-order valence-corrected chi connectivity index (χ2v) is 4.89. The van der Waals surface area contributed by atoms with Crippen LogP contribution >= 0.6 is 0 Å². The molecule has 0 aliphatic carbocycles. The van der Waals surface area contributed by atoms with E-state index in [4.69, 9.17) is 14.2 Å². The molecule has 116 valence electrons. The number of ether oxygens (including phenoxy) is 3. The monoisotopic (exact) mass is 299 g/mol.